The van der Waals surface area contributed by atoms with E-state index in [4.69, 9.17) is 14.2 Å². The Hall–Kier alpha value is -4.13. The van der Waals surface area contributed by atoms with Crippen molar-refractivity contribution in [3.8, 4) is 11.5 Å². The summed E-state index contributed by atoms with van der Waals surface area (Å²) in [5.41, 5.74) is 2.01. The molecule has 7 nitrogen and oxygen atoms in total. The number of amides is 1. The first kappa shape index (κ1) is 20.2. The van der Waals surface area contributed by atoms with Crippen LogP contribution in [0, 0.1) is 0 Å². The molecule has 3 aromatic carbocycles. The highest BCUT2D eigenvalue weighted by molar-refractivity contribution is 6.02. The standard InChI is InChI=1S/C24H19NO6/c26-21(17-9-10-22-20(12-17)25-23(27)15-30-22)14-31-24(28)18-7-4-8-19(11-18)29-13-16-5-2-1-3-6-16/h1-12H,13-15H2,(H,25,27). The van der Waals surface area contributed by atoms with Gasteiger partial charge in [0.05, 0.1) is 11.3 Å². The summed E-state index contributed by atoms with van der Waals surface area (Å²) in [5.74, 6) is -0.311. The smallest absolute Gasteiger partial charge is 0.338 e. The minimum atomic E-state index is -0.631. The minimum Gasteiger partial charge on any atom is -0.489 e. The van der Waals surface area contributed by atoms with E-state index in [1.807, 2.05) is 30.3 Å². The highest BCUT2D eigenvalue weighted by atomic mass is 16.5. The van der Waals surface area contributed by atoms with Gasteiger partial charge >= 0.3 is 5.97 Å². The molecule has 0 spiro atoms. The lowest BCUT2D eigenvalue weighted by Crippen LogP contribution is -2.25. The molecule has 1 heterocycles. The number of anilines is 1. The highest BCUT2D eigenvalue weighted by Crippen LogP contribution is 2.28. The molecular formula is C24H19NO6. The zero-order valence-electron chi connectivity index (χ0n) is 16.5. The molecule has 7 heteroatoms. The van der Waals surface area contributed by atoms with Crippen LogP contribution in [-0.2, 0) is 16.1 Å². The number of carbonyl (C=O) groups is 3. The number of Topliss-reactive ketones (excluding diaryl/α,β-unsaturated/α-hetero) is 1. The molecule has 0 fully saturated rings. The van der Waals surface area contributed by atoms with Crippen LogP contribution in [0.4, 0.5) is 5.69 Å². The van der Waals surface area contributed by atoms with E-state index in [0.29, 0.717) is 29.4 Å². The number of nitrogens with one attached hydrogen (secondary N) is 1. The van der Waals surface area contributed by atoms with Gasteiger partial charge in [0, 0.05) is 5.56 Å². The lowest BCUT2D eigenvalue weighted by atomic mass is 10.1. The van der Waals surface area contributed by atoms with Crippen molar-refractivity contribution in [2.24, 2.45) is 0 Å². The van der Waals surface area contributed by atoms with Crippen molar-refractivity contribution in [2.45, 2.75) is 6.61 Å². The number of hydrogen-bond acceptors (Lipinski definition) is 6. The van der Waals surface area contributed by atoms with Crippen LogP contribution in [0.5, 0.6) is 11.5 Å². The Balaban J connectivity index is 1.35. The molecule has 1 aliphatic heterocycles. The van der Waals surface area contributed by atoms with Crippen LogP contribution in [0.25, 0.3) is 0 Å². The van der Waals surface area contributed by atoms with E-state index in [0.717, 1.165) is 5.56 Å². The monoisotopic (exact) mass is 417 g/mol. The van der Waals surface area contributed by atoms with Crippen molar-refractivity contribution in [1.29, 1.82) is 0 Å². The third-order valence-electron chi connectivity index (χ3n) is 4.59. The summed E-state index contributed by atoms with van der Waals surface area (Å²) < 4.78 is 16.1. The van der Waals surface area contributed by atoms with Crippen LogP contribution in [0.1, 0.15) is 26.3 Å². The van der Waals surface area contributed by atoms with Gasteiger partial charge in [0.1, 0.15) is 18.1 Å². The third kappa shape index (κ3) is 5.08. The van der Waals surface area contributed by atoms with Gasteiger partial charge < -0.3 is 19.5 Å². The molecule has 1 amide bonds. The average molecular weight is 417 g/mol. The number of rotatable bonds is 7. The maximum Gasteiger partial charge on any atom is 0.338 e. The number of ketones is 1. The van der Waals surface area contributed by atoms with Crippen molar-refractivity contribution in [2.75, 3.05) is 18.5 Å². The second-order valence-corrected chi connectivity index (χ2v) is 6.85. The maximum atomic E-state index is 12.4. The molecule has 156 valence electrons. The van der Waals surface area contributed by atoms with Crippen molar-refractivity contribution < 1.29 is 28.6 Å². The second kappa shape index (κ2) is 9.13. The van der Waals surface area contributed by atoms with E-state index in [1.165, 1.54) is 6.07 Å². The van der Waals surface area contributed by atoms with Gasteiger partial charge in [-0.3, -0.25) is 9.59 Å². The zero-order chi connectivity index (χ0) is 21.6. The number of ether oxygens (including phenoxy) is 3. The lowest BCUT2D eigenvalue weighted by molar-refractivity contribution is -0.118. The van der Waals surface area contributed by atoms with Crippen LogP contribution < -0.4 is 14.8 Å². The first-order valence-electron chi connectivity index (χ1n) is 9.62. The van der Waals surface area contributed by atoms with Gasteiger partial charge in [-0.15, -0.1) is 0 Å². The quantitative estimate of drug-likeness (QED) is 0.466. The molecule has 0 saturated carbocycles. The van der Waals surface area contributed by atoms with Crippen LogP contribution in [0.2, 0.25) is 0 Å². The predicted octanol–water partition coefficient (Wildman–Crippen LogP) is 3.64. The van der Waals surface area contributed by atoms with Gasteiger partial charge in [-0.1, -0.05) is 36.4 Å². The number of hydrogen-bond donors (Lipinski definition) is 1. The maximum absolute atomic E-state index is 12.4. The molecule has 0 aliphatic carbocycles. The van der Waals surface area contributed by atoms with Gasteiger partial charge in [-0.2, -0.15) is 0 Å². The molecule has 0 radical (unpaired) electrons. The topological polar surface area (TPSA) is 90.9 Å². The molecule has 0 aromatic heterocycles. The van der Waals surface area contributed by atoms with Crippen LogP contribution in [-0.4, -0.2) is 30.9 Å². The van der Waals surface area contributed by atoms with E-state index in [1.54, 1.807) is 36.4 Å². The summed E-state index contributed by atoms with van der Waals surface area (Å²) in [7, 11) is 0. The largest absolute Gasteiger partial charge is 0.489 e. The van der Waals surface area contributed by atoms with E-state index in [-0.39, 0.29) is 18.1 Å². The molecule has 1 N–H and O–H groups in total. The average Bonchev–Trinajstić information content (AvgIpc) is 2.81. The van der Waals surface area contributed by atoms with E-state index in [2.05, 4.69) is 5.32 Å². The van der Waals surface area contributed by atoms with Crippen molar-refractivity contribution in [3.05, 3.63) is 89.5 Å². The molecule has 0 unspecified atom stereocenters. The fourth-order valence-electron chi connectivity index (χ4n) is 3.01. The van der Waals surface area contributed by atoms with Crippen LogP contribution in [0.3, 0.4) is 0 Å². The summed E-state index contributed by atoms with van der Waals surface area (Å²) in [5, 5.41) is 2.64. The summed E-state index contributed by atoms with van der Waals surface area (Å²) in [6.45, 7) is -0.121. The first-order chi connectivity index (χ1) is 15.1. The van der Waals surface area contributed by atoms with Gasteiger partial charge in [0.15, 0.2) is 19.0 Å². The van der Waals surface area contributed by atoms with Crippen molar-refractivity contribution in [1.82, 2.24) is 0 Å². The molecule has 0 saturated heterocycles. The number of benzene rings is 3. The molecular weight excluding hydrogens is 398 g/mol. The Kier molecular flexibility index (Phi) is 5.93. The molecule has 0 atom stereocenters. The lowest BCUT2D eigenvalue weighted by Gasteiger charge is -2.18. The Labute approximate surface area is 178 Å². The Morgan fingerprint density at radius 1 is 0.935 bits per heavy atom. The molecule has 0 bridgehead atoms. The predicted molar refractivity (Wildman–Crippen MR) is 112 cm³/mol. The van der Waals surface area contributed by atoms with Crippen molar-refractivity contribution >= 4 is 23.3 Å². The molecule has 3 aromatic rings. The Morgan fingerprint density at radius 3 is 2.61 bits per heavy atom. The first-order valence-corrected chi connectivity index (χ1v) is 9.62. The summed E-state index contributed by atoms with van der Waals surface area (Å²) in [6, 6.07) is 20.9. The van der Waals surface area contributed by atoms with E-state index in [9.17, 15) is 14.4 Å². The number of fused-ring (bicyclic) bond motifs is 1. The fraction of sp³-hybridized carbons (Fsp3) is 0.125. The Bertz CT molecular complexity index is 1130. The summed E-state index contributed by atoms with van der Waals surface area (Å²) in [6.07, 6.45) is 0. The highest BCUT2D eigenvalue weighted by Gasteiger charge is 2.19. The number of carbonyl (C=O) groups excluding carboxylic acids is 3. The van der Waals surface area contributed by atoms with E-state index >= 15 is 0 Å². The van der Waals surface area contributed by atoms with Gasteiger partial charge in [0.2, 0.25) is 0 Å². The summed E-state index contributed by atoms with van der Waals surface area (Å²) >= 11 is 0. The van der Waals surface area contributed by atoms with Crippen LogP contribution >= 0.6 is 0 Å². The number of esters is 1. The fourth-order valence-corrected chi connectivity index (χ4v) is 3.01. The molecule has 4 rings (SSSR count). The molecule has 1 aliphatic rings. The third-order valence-corrected chi connectivity index (χ3v) is 4.59. The SMILES string of the molecule is O=C1COc2ccc(C(=O)COC(=O)c3cccc(OCc4ccccc4)c3)cc2N1. The van der Waals surface area contributed by atoms with Gasteiger partial charge in [-0.25, -0.2) is 4.79 Å². The summed E-state index contributed by atoms with van der Waals surface area (Å²) in [4.78, 5) is 36.2. The van der Waals surface area contributed by atoms with E-state index < -0.39 is 18.4 Å². The van der Waals surface area contributed by atoms with Crippen LogP contribution in [0.15, 0.2) is 72.8 Å². The normalized spacial score (nSPS) is 12.2. The second-order valence-electron chi connectivity index (χ2n) is 6.85. The zero-order valence-corrected chi connectivity index (χ0v) is 16.5. The van der Waals surface area contributed by atoms with Gasteiger partial charge in [-0.05, 0) is 42.0 Å². The van der Waals surface area contributed by atoms with Crippen molar-refractivity contribution in [3.63, 3.8) is 0 Å². The minimum absolute atomic E-state index is 0.0635. The molecule has 31 heavy (non-hydrogen) atoms. The Morgan fingerprint density at radius 2 is 1.77 bits per heavy atom. The van der Waals surface area contributed by atoms with Gasteiger partial charge in [0.25, 0.3) is 5.91 Å².